The second kappa shape index (κ2) is 8.95. The van der Waals surface area contributed by atoms with E-state index in [2.05, 4.69) is 20.1 Å². The lowest BCUT2D eigenvalue weighted by atomic mass is 10.0. The van der Waals surface area contributed by atoms with Crippen LogP contribution < -0.4 is 0 Å². The van der Waals surface area contributed by atoms with E-state index in [0.717, 1.165) is 22.3 Å². The molecule has 0 saturated carbocycles. The van der Waals surface area contributed by atoms with Gasteiger partial charge in [0.25, 0.3) is 0 Å². The minimum Gasteiger partial charge on any atom is -0.292 e. The van der Waals surface area contributed by atoms with Crippen molar-refractivity contribution >= 4 is 22.6 Å². The molecule has 4 aromatic rings. The Hall–Kier alpha value is -3.74. The molecule has 0 saturated heterocycles. The van der Waals surface area contributed by atoms with Crippen molar-refractivity contribution in [2.75, 3.05) is 0 Å². The summed E-state index contributed by atoms with van der Waals surface area (Å²) in [5, 5.41) is 4.39. The molecule has 0 radical (unpaired) electrons. The van der Waals surface area contributed by atoms with Gasteiger partial charge in [-0.15, -0.1) is 0 Å². The van der Waals surface area contributed by atoms with Gasteiger partial charge in [-0.3, -0.25) is 19.6 Å². The van der Waals surface area contributed by atoms with Gasteiger partial charge in [-0.25, -0.2) is 9.67 Å². The molecule has 4 rings (SSSR count). The summed E-state index contributed by atoms with van der Waals surface area (Å²) in [6.45, 7) is 3.97. The van der Waals surface area contributed by atoms with Crippen LogP contribution in [0.25, 0.3) is 16.7 Å². The molecule has 0 aliphatic heterocycles. The largest absolute Gasteiger partial charge is 0.292 e. The average Bonchev–Trinajstić information content (AvgIpc) is 3.26. The fourth-order valence-corrected chi connectivity index (χ4v) is 3.30. The van der Waals surface area contributed by atoms with Crippen LogP contribution in [-0.2, 0) is 6.42 Å². The third-order valence-corrected chi connectivity index (χ3v) is 4.89. The first-order valence-electron chi connectivity index (χ1n) is 10.3. The molecule has 4 heterocycles. The van der Waals surface area contributed by atoms with E-state index >= 15 is 0 Å². The van der Waals surface area contributed by atoms with Crippen molar-refractivity contribution in [1.82, 2.24) is 24.7 Å². The Morgan fingerprint density at radius 1 is 0.968 bits per heavy atom. The van der Waals surface area contributed by atoms with Crippen LogP contribution in [0.2, 0.25) is 0 Å². The summed E-state index contributed by atoms with van der Waals surface area (Å²) in [4.78, 5) is 37.9. The van der Waals surface area contributed by atoms with E-state index in [9.17, 15) is 9.59 Å². The lowest BCUT2D eigenvalue weighted by Gasteiger charge is -2.05. The first-order chi connectivity index (χ1) is 15.0. The quantitative estimate of drug-likeness (QED) is 0.401. The number of hydrogen-bond donors (Lipinski definition) is 0. The highest BCUT2D eigenvalue weighted by Gasteiger charge is 2.14. The Labute approximate surface area is 180 Å². The third kappa shape index (κ3) is 4.88. The van der Waals surface area contributed by atoms with E-state index < -0.39 is 0 Å². The van der Waals surface area contributed by atoms with Crippen molar-refractivity contribution < 1.29 is 9.59 Å². The molecule has 0 aliphatic carbocycles. The van der Waals surface area contributed by atoms with E-state index in [-0.39, 0.29) is 23.9 Å². The molecule has 31 heavy (non-hydrogen) atoms. The van der Waals surface area contributed by atoms with E-state index in [1.807, 2.05) is 38.2 Å². The van der Waals surface area contributed by atoms with Crippen LogP contribution in [0.5, 0.6) is 0 Å². The standard InChI is InChI=1S/C24H23N5O2/c1-16(2)11-24(31)21-6-3-5-20(28-21)23(30)9-8-17-13-27-29(15-17)18-12-22-19(26-14-18)7-4-10-25-22/h3-7,10,12-16H,8-9,11H2,1-2H3. The second-order valence-electron chi connectivity index (χ2n) is 7.88. The van der Waals surface area contributed by atoms with Crippen LogP contribution in [0.3, 0.4) is 0 Å². The molecule has 0 amide bonds. The van der Waals surface area contributed by atoms with Crippen molar-refractivity contribution in [3.8, 4) is 5.69 Å². The summed E-state index contributed by atoms with van der Waals surface area (Å²) in [5.74, 6) is 0.117. The monoisotopic (exact) mass is 413 g/mol. The number of aromatic nitrogens is 5. The first-order valence-corrected chi connectivity index (χ1v) is 10.3. The Kier molecular flexibility index (Phi) is 5.93. The van der Waals surface area contributed by atoms with Gasteiger partial charge in [0.15, 0.2) is 11.6 Å². The third-order valence-electron chi connectivity index (χ3n) is 4.89. The van der Waals surface area contributed by atoms with Crippen LogP contribution in [0.4, 0.5) is 0 Å². The van der Waals surface area contributed by atoms with E-state index in [1.165, 1.54) is 0 Å². The van der Waals surface area contributed by atoms with Crippen LogP contribution in [0, 0.1) is 5.92 Å². The predicted octanol–water partition coefficient (Wildman–Crippen LogP) is 4.25. The number of hydrogen-bond acceptors (Lipinski definition) is 6. The van der Waals surface area contributed by atoms with E-state index in [4.69, 9.17) is 0 Å². The van der Waals surface area contributed by atoms with Crippen LogP contribution in [-0.4, -0.2) is 36.3 Å². The Bertz CT molecular complexity index is 1250. The van der Waals surface area contributed by atoms with Crippen LogP contribution in [0.15, 0.2) is 61.2 Å². The molecular weight excluding hydrogens is 390 g/mol. The number of carbonyl (C=O) groups excluding carboxylic acids is 2. The first kappa shape index (κ1) is 20.5. The summed E-state index contributed by atoms with van der Waals surface area (Å²) in [6.07, 6.45) is 8.34. The topological polar surface area (TPSA) is 90.6 Å². The second-order valence-corrected chi connectivity index (χ2v) is 7.88. The zero-order chi connectivity index (χ0) is 21.8. The molecule has 156 valence electrons. The van der Waals surface area contributed by atoms with Crippen LogP contribution in [0.1, 0.15) is 53.2 Å². The molecule has 7 heteroatoms. The smallest absolute Gasteiger partial charge is 0.181 e. The number of rotatable bonds is 8. The highest BCUT2D eigenvalue weighted by atomic mass is 16.1. The molecule has 0 bridgehead atoms. The summed E-state index contributed by atoms with van der Waals surface area (Å²) in [7, 11) is 0. The molecule has 0 atom stereocenters. The van der Waals surface area contributed by atoms with Crippen molar-refractivity contribution in [2.24, 2.45) is 5.92 Å². The van der Waals surface area contributed by atoms with Crippen molar-refractivity contribution in [3.05, 3.63) is 78.1 Å². The van der Waals surface area contributed by atoms with Gasteiger partial charge in [0.2, 0.25) is 0 Å². The average molecular weight is 413 g/mol. The number of pyridine rings is 3. The predicted molar refractivity (Wildman–Crippen MR) is 117 cm³/mol. The fourth-order valence-electron chi connectivity index (χ4n) is 3.30. The highest BCUT2D eigenvalue weighted by molar-refractivity contribution is 5.98. The molecule has 0 aliphatic rings. The molecule has 4 aromatic heterocycles. The van der Waals surface area contributed by atoms with E-state index in [0.29, 0.717) is 24.2 Å². The zero-order valence-corrected chi connectivity index (χ0v) is 17.5. The maximum Gasteiger partial charge on any atom is 0.181 e. The van der Waals surface area contributed by atoms with Gasteiger partial charge in [-0.05, 0) is 48.2 Å². The number of ketones is 2. The molecular formula is C24H23N5O2. The Morgan fingerprint density at radius 3 is 2.58 bits per heavy atom. The maximum atomic E-state index is 12.6. The van der Waals surface area contributed by atoms with Crippen molar-refractivity contribution in [3.63, 3.8) is 0 Å². The SMILES string of the molecule is CC(C)CC(=O)c1cccc(C(=O)CCc2cnn(-c3cnc4cccnc4c3)c2)n1. The van der Waals surface area contributed by atoms with Crippen molar-refractivity contribution in [2.45, 2.75) is 33.1 Å². The van der Waals surface area contributed by atoms with Gasteiger partial charge < -0.3 is 0 Å². The molecule has 0 fully saturated rings. The molecule has 7 nitrogen and oxygen atoms in total. The molecule has 0 spiro atoms. The number of nitrogens with zero attached hydrogens (tertiary/aromatic N) is 5. The van der Waals surface area contributed by atoms with Gasteiger partial charge in [0.05, 0.1) is 29.1 Å². The molecule has 0 N–H and O–H groups in total. The summed E-state index contributed by atoms with van der Waals surface area (Å²) < 4.78 is 1.73. The Morgan fingerprint density at radius 2 is 1.77 bits per heavy atom. The normalized spacial score (nSPS) is 11.2. The fraction of sp³-hybridized carbons (Fsp3) is 0.250. The van der Waals surface area contributed by atoms with E-state index in [1.54, 1.807) is 41.5 Å². The maximum absolute atomic E-state index is 12.6. The number of fused-ring (bicyclic) bond motifs is 1. The number of carbonyl (C=O) groups is 2. The number of Topliss-reactive ketones (excluding diaryl/α,β-unsaturated/α-hetero) is 2. The van der Waals surface area contributed by atoms with Gasteiger partial charge in [0.1, 0.15) is 11.4 Å². The van der Waals surface area contributed by atoms with Gasteiger partial charge in [0, 0.05) is 25.2 Å². The lowest BCUT2D eigenvalue weighted by Crippen LogP contribution is -2.10. The zero-order valence-electron chi connectivity index (χ0n) is 17.5. The summed E-state index contributed by atoms with van der Waals surface area (Å²) in [6, 6.07) is 10.7. The minimum atomic E-state index is -0.0940. The van der Waals surface area contributed by atoms with Gasteiger partial charge in [-0.1, -0.05) is 19.9 Å². The van der Waals surface area contributed by atoms with Gasteiger partial charge in [-0.2, -0.15) is 5.10 Å². The lowest BCUT2D eigenvalue weighted by molar-refractivity contribution is 0.0962. The number of aryl methyl sites for hydroxylation is 1. The Balaban J connectivity index is 1.42. The van der Waals surface area contributed by atoms with Crippen molar-refractivity contribution in [1.29, 1.82) is 0 Å². The molecule has 0 aromatic carbocycles. The van der Waals surface area contributed by atoms with Gasteiger partial charge >= 0.3 is 0 Å². The summed E-state index contributed by atoms with van der Waals surface area (Å²) >= 11 is 0. The highest BCUT2D eigenvalue weighted by Crippen LogP contribution is 2.15. The van der Waals surface area contributed by atoms with Crippen LogP contribution >= 0.6 is 0 Å². The minimum absolute atomic E-state index is 0.0376. The molecule has 0 unspecified atom stereocenters. The summed E-state index contributed by atoms with van der Waals surface area (Å²) in [5.41, 5.74) is 4.04.